The van der Waals surface area contributed by atoms with Crippen LogP contribution < -0.4 is 9.80 Å². The van der Waals surface area contributed by atoms with Crippen LogP contribution in [0.25, 0.3) is 0 Å². The maximum atomic E-state index is 11.6. The van der Waals surface area contributed by atoms with Gasteiger partial charge < -0.3 is 9.80 Å². The second kappa shape index (κ2) is 4.46. The number of anilines is 2. The van der Waals surface area contributed by atoms with Gasteiger partial charge in [-0.2, -0.15) is 5.26 Å². The molecule has 0 unspecified atom stereocenters. The summed E-state index contributed by atoms with van der Waals surface area (Å²) >= 11 is 0. The molecule has 4 heteroatoms. The molecule has 17 heavy (non-hydrogen) atoms. The lowest BCUT2D eigenvalue weighted by Gasteiger charge is -2.19. The van der Waals surface area contributed by atoms with E-state index in [1.807, 2.05) is 30.1 Å². The molecule has 0 saturated carbocycles. The highest BCUT2D eigenvalue weighted by atomic mass is 16.2. The van der Waals surface area contributed by atoms with Crippen molar-refractivity contribution in [3.63, 3.8) is 0 Å². The van der Waals surface area contributed by atoms with Crippen LogP contribution in [-0.4, -0.2) is 26.5 Å². The first-order chi connectivity index (χ1) is 8.13. The van der Waals surface area contributed by atoms with Gasteiger partial charge in [0.15, 0.2) is 0 Å². The van der Waals surface area contributed by atoms with Crippen LogP contribution in [0.5, 0.6) is 0 Å². The molecule has 0 spiro atoms. The Kier molecular flexibility index (Phi) is 3.01. The molecule has 1 aromatic rings. The minimum absolute atomic E-state index is 0.136. The van der Waals surface area contributed by atoms with Gasteiger partial charge >= 0.3 is 0 Å². The Hall–Kier alpha value is -2.02. The van der Waals surface area contributed by atoms with E-state index in [9.17, 15) is 4.79 Å². The minimum Gasteiger partial charge on any atom is -0.374 e. The number of hydrogen-bond donors (Lipinski definition) is 0. The number of hydrogen-bond acceptors (Lipinski definition) is 3. The molecule has 0 bridgehead atoms. The molecule has 88 valence electrons. The van der Waals surface area contributed by atoms with Crippen molar-refractivity contribution in [3.05, 3.63) is 23.8 Å². The number of carbonyl (C=O) groups excluding carboxylic acids is 1. The zero-order valence-electron chi connectivity index (χ0n) is 10.1. The molecule has 0 aliphatic carbocycles. The average Bonchev–Trinajstić information content (AvgIpc) is 2.61. The van der Waals surface area contributed by atoms with Gasteiger partial charge in [-0.3, -0.25) is 4.79 Å². The standard InChI is InChI=1S/C13H15N3O/c1-15(7-3-6-14)11-4-5-12-10(8-11)9-13(17)16(12)2/h4-5,8H,3,7,9H2,1-2H3. The fraction of sp³-hybridized carbons (Fsp3) is 0.385. The number of nitriles is 1. The molecule has 0 aromatic heterocycles. The first-order valence-corrected chi connectivity index (χ1v) is 5.61. The van der Waals surface area contributed by atoms with E-state index in [2.05, 4.69) is 6.07 Å². The molecule has 0 atom stereocenters. The fourth-order valence-corrected chi connectivity index (χ4v) is 2.04. The second-order valence-corrected chi connectivity index (χ2v) is 4.27. The zero-order chi connectivity index (χ0) is 12.4. The summed E-state index contributed by atoms with van der Waals surface area (Å²) in [6, 6.07) is 8.13. The van der Waals surface area contributed by atoms with Gasteiger partial charge in [0.1, 0.15) is 0 Å². The number of rotatable bonds is 3. The molecular weight excluding hydrogens is 214 g/mol. The molecule has 1 amide bonds. The SMILES string of the molecule is CN(CCC#N)c1ccc2c(c1)CC(=O)N2C. The van der Waals surface area contributed by atoms with Gasteiger partial charge in [-0.25, -0.2) is 0 Å². The minimum atomic E-state index is 0.136. The van der Waals surface area contributed by atoms with Crippen LogP contribution in [0.3, 0.4) is 0 Å². The third-order valence-electron chi connectivity index (χ3n) is 3.14. The molecular formula is C13H15N3O. The van der Waals surface area contributed by atoms with E-state index in [4.69, 9.17) is 5.26 Å². The predicted molar refractivity (Wildman–Crippen MR) is 67.1 cm³/mol. The van der Waals surface area contributed by atoms with E-state index in [-0.39, 0.29) is 5.91 Å². The maximum absolute atomic E-state index is 11.6. The molecule has 0 fully saturated rings. The first kappa shape index (κ1) is 11.5. The summed E-state index contributed by atoms with van der Waals surface area (Å²) in [6.45, 7) is 0.707. The van der Waals surface area contributed by atoms with Gasteiger partial charge in [-0.15, -0.1) is 0 Å². The highest BCUT2D eigenvalue weighted by Crippen LogP contribution is 2.30. The summed E-state index contributed by atoms with van der Waals surface area (Å²) in [6.07, 6.45) is 0.984. The lowest BCUT2D eigenvalue weighted by Crippen LogP contribution is -2.20. The predicted octanol–water partition coefficient (Wildman–Crippen LogP) is 1.56. The van der Waals surface area contributed by atoms with Crippen molar-refractivity contribution in [1.29, 1.82) is 5.26 Å². The van der Waals surface area contributed by atoms with Crippen LogP contribution in [0.2, 0.25) is 0 Å². The summed E-state index contributed by atoms with van der Waals surface area (Å²) in [5.74, 6) is 0.136. The maximum Gasteiger partial charge on any atom is 0.231 e. The number of nitrogens with zero attached hydrogens (tertiary/aromatic N) is 3. The van der Waals surface area contributed by atoms with Gasteiger partial charge in [0.2, 0.25) is 5.91 Å². The summed E-state index contributed by atoms with van der Waals surface area (Å²) in [5.41, 5.74) is 3.12. The van der Waals surface area contributed by atoms with Crippen molar-refractivity contribution >= 4 is 17.3 Å². The zero-order valence-corrected chi connectivity index (χ0v) is 10.1. The number of likely N-dealkylation sites (N-methyl/N-ethyl adjacent to an activating group) is 1. The number of amides is 1. The fourth-order valence-electron chi connectivity index (χ4n) is 2.04. The molecule has 2 rings (SSSR count). The van der Waals surface area contributed by atoms with Crippen LogP contribution in [-0.2, 0) is 11.2 Å². The van der Waals surface area contributed by atoms with Gasteiger partial charge in [-0.05, 0) is 23.8 Å². The Balaban J connectivity index is 2.21. The normalized spacial score (nSPS) is 13.5. The molecule has 1 aliphatic heterocycles. The Bertz CT molecular complexity index is 490. The molecule has 1 heterocycles. The van der Waals surface area contributed by atoms with Crippen LogP contribution in [0.15, 0.2) is 18.2 Å². The Morgan fingerprint density at radius 1 is 1.53 bits per heavy atom. The highest BCUT2D eigenvalue weighted by molar-refractivity contribution is 6.01. The number of fused-ring (bicyclic) bond motifs is 1. The molecule has 4 nitrogen and oxygen atoms in total. The number of carbonyl (C=O) groups is 1. The summed E-state index contributed by atoms with van der Waals surface area (Å²) in [5, 5.41) is 8.56. The monoisotopic (exact) mass is 229 g/mol. The average molecular weight is 229 g/mol. The molecule has 0 N–H and O–H groups in total. The molecule has 1 aromatic carbocycles. The number of benzene rings is 1. The van der Waals surface area contributed by atoms with Crippen LogP contribution in [0, 0.1) is 11.3 Å². The van der Waals surface area contributed by atoms with Crippen molar-refractivity contribution in [2.75, 3.05) is 30.4 Å². The van der Waals surface area contributed by atoms with E-state index in [1.54, 1.807) is 11.9 Å². The van der Waals surface area contributed by atoms with Crippen molar-refractivity contribution in [1.82, 2.24) is 0 Å². The lowest BCUT2D eigenvalue weighted by atomic mass is 10.1. The third kappa shape index (κ3) is 2.09. The van der Waals surface area contributed by atoms with Gasteiger partial charge in [0.25, 0.3) is 0 Å². The quantitative estimate of drug-likeness (QED) is 0.790. The van der Waals surface area contributed by atoms with E-state index in [0.29, 0.717) is 19.4 Å². The van der Waals surface area contributed by atoms with Gasteiger partial charge in [0, 0.05) is 32.0 Å². The lowest BCUT2D eigenvalue weighted by molar-refractivity contribution is -0.117. The van der Waals surface area contributed by atoms with Crippen molar-refractivity contribution in [2.24, 2.45) is 0 Å². The van der Waals surface area contributed by atoms with Crippen molar-refractivity contribution in [2.45, 2.75) is 12.8 Å². The highest BCUT2D eigenvalue weighted by Gasteiger charge is 2.24. The molecule has 0 radical (unpaired) electrons. The summed E-state index contributed by atoms with van der Waals surface area (Å²) < 4.78 is 0. The van der Waals surface area contributed by atoms with E-state index in [1.165, 1.54) is 0 Å². The van der Waals surface area contributed by atoms with Gasteiger partial charge in [-0.1, -0.05) is 0 Å². The van der Waals surface area contributed by atoms with Crippen molar-refractivity contribution < 1.29 is 4.79 Å². The molecule has 1 aliphatic rings. The topological polar surface area (TPSA) is 47.3 Å². The first-order valence-electron chi connectivity index (χ1n) is 5.61. The van der Waals surface area contributed by atoms with Crippen LogP contribution in [0.1, 0.15) is 12.0 Å². The Labute approximate surface area is 101 Å². The molecule has 0 saturated heterocycles. The smallest absolute Gasteiger partial charge is 0.231 e. The van der Waals surface area contributed by atoms with Crippen molar-refractivity contribution in [3.8, 4) is 6.07 Å². The van der Waals surface area contributed by atoms with Gasteiger partial charge in [0.05, 0.1) is 18.9 Å². The second-order valence-electron chi connectivity index (χ2n) is 4.27. The van der Waals surface area contributed by atoms with E-state index in [0.717, 1.165) is 16.9 Å². The summed E-state index contributed by atoms with van der Waals surface area (Å²) in [4.78, 5) is 15.3. The Morgan fingerprint density at radius 3 is 3.00 bits per heavy atom. The van der Waals surface area contributed by atoms with E-state index < -0.39 is 0 Å². The van der Waals surface area contributed by atoms with E-state index >= 15 is 0 Å². The third-order valence-corrected chi connectivity index (χ3v) is 3.14. The Morgan fingerprint density at radius 2 is 2.29 bits per heavy atom. The van der Waals surface area contributed by atoms with Crippen LogP contribution >= 0.6 is 0 Å². The largest absolute Gasteiger partial charge is 0.374 e. The summed E-state index contributed by atoms with van der Waals surface area (Å²) in [7, 11) is 3.76. The van der Waals surface area contributed by atoms with Crippen LogP contribution in [0.4, 0.5) is 11.4 Å².